The van der Waals surface area contributed by atoms with Crippen LogP contribution in [-0.2, 0) is 11.3 Å². The molecule has 0 spiro atoms. The van der Waals surface area contributed by atoms with Crippen LogP contribution in [0.25, 0.3) is 0 Å². The lowest BCUT2D eigenvalue weighted by Crippen LogP contribution is -2.30. The van der Waals surface area contributed by atoms with E-state index in [1.165, 1.54) is 5.56 Å². The molecule has 0 bridgehead atoms. The lowest BCUT2D eigenvalue weighted by atomic mass is 10.3. The lowest BCUT2D eigenvalue weighted by Gasteiger charge is -2.07. The summed E-state index contributed by atoms with van der Waals surface area (Å²) in [5.41, 5.74) is 1.17. The highest BCUT2D eigenvalue weighted by molar-refractivity contribution is 7.07. The number of thiophene rings is 1. The third-order valence-electron chi connectivity index (χ3n) is 1.97. The molecule has 1 heterocycles. The largest absolute Gasteiger partial charge is 0.352 e. The van der Waals surface area contributed by atoms with Crippen molar-refractivity contribution < 1.29 is 4.79 Å². The molecule has 15 heavy (non-hydrogen) atoms. The molecular formula is C11H18N2OS. The number of nitrogens with one attached hydrogen (secondary N) is 2. The van der Waals surface area contributed by atoms with Crippen LogP contribution in [0.5, 0.6) is 0 Å². The van der Waals surface area contributed by atoms with Gasteiger partial charge in [-0.2, -0.15) is 11.3 Å². The maximum absolute atomic E-state index is 11.4. The van der Waals surface area contributed by atoms with Crippen LogP contribution in [0.4, 0.5) is 0 Å². The Morgan fingerprint density at radius 1 is 1.53 bits per heavy atom. The Kier molecular flexibility index (Phi) is 5.36. The summed E-state index contributed by atoms with van der Waals surface area (Å²) in [6.45, 7) is 5.53. The highest BCUT2D eigenvalue weighted by Gasteiger charge is 2.01. The molecule has 4 heteroatoms. The number of carbonyl (C=O) groups excluding carboxylic acids is 1. The topological polar surface area (TPSA) is 41.1 Å². The second kappa shape index (κ2) is 6.58. The molecule has 84 valence electrons. The van der Waals surface area contributed by atoms with Gasteiger partial charge in [0.2, 0.25) is 5.91 Å². The van der Waals surface area contributed by atoms with Crippen LogP contribution in [0.1, 0.15) is 25.8 Å². The number of amides is 1. The van der Waals surface area contributed by atoms with Gasteiger partial charge in [-0.3, -0.25) is 4.79 Å². The van der Waals surface area contributed by atoms with Crippen LogP contribution in [0.2, 0.25) is 0 Å². The monoisotopic (exact) mass is 226 g/mol. The van der Waals surface area contributed by atoms with Gasteiger partial charge < -0.3 is 10.6 Å². The van der Waals surface area contributed by atoms with E-state index in [-0.39, 0.29) is 5.91 Å². The molecule has 0 aliphatic heterocycles. The van der Waals surface area contributed by atoms with Crippen LogP contribution in [0.15, 0.2) is 16.8 Å². The summed E-state index contributed by atoms with van der Waals surface area (Å²) in [6, 6.07) is 2.46. The highest BCUT2D eigenvalue weighted by Crippen LogP contribution is 2.04. The SMILES string of the molecule is CC(C)NCCC(=O)NCc1ccsc1. The average molecular weight is 226 g/mol. The first kappa shape index (κ1) is 12.2. The molecule has 0 aliphatic rings. The molecule has 0 fully saturated rings. The van der Waals surface area contributed by atoms with E-state index >= 15 is 0 Å². The smallest absolute Gasteiger partial charge is 0.221 e. The Bertz CT molecular complexity index is 283. The van der Waals surface area contributed by atoms with Gasteiger partial charge in [-0.1, -0.05) is 13.8 Å². The van der Waals surface area contributed by atoms with Gasteiger partial charge >= 0.3 is 0 Å². The van der Waals surface area contributed by atoms with Crippen LogP contribution >= 0.6 is 11.3 Å². The Labute approximate surface area is 94.9 Å². The molecule has 1 aromatic heterocycles. The first-order valence-corrected chi connectivity index (χ1v) is 6.14. The van der Waals surface area contributed by atoms with E-state index in [1.54, 1.807) is 11.3 Å². The van der Waals surface area contributed by atoms with E-state index in [1.807, 2.05) is 16.8 Å². The minimum absolute atomic E-state index is 0.106. The zero-order valence-electron chi connectivity index (χ0n) is 9.25. The average Bonchev–Trinajstić information content (AvgIpc) is 2.66. The standard InChI is InChI=1S/C11H18N2OS/c1-9(2)12-5-3-11(14)13-7-10-4-6-15-8-10/h4,6,8-9,12H,3,5,7H2,1-2H3,(H,13,14). The molecule has 0 aromatic carbocycles. The van der Waals surface area contributed by atoms with Crippen molar-refractivity contribution in [1.82, 2.24) is 10.6 Å². The van der Waals surface area contributed by atoms with E-state index in [2.05, 4.69) is 24.5 Å². The van der Waals surface area contributed by atoms with E-state index in [9.17, 15) is 4.79 Å². The van der Waals surface area contributed by atoms with Crippen LogP contribution in [0, 0.1) is 0 Å². The maximum Gasteiger partial charge on any atom is 0.221 e. The third-order valence-corrected chi connectivity index (χ3v) is 2.71. The molecule has 3 nitrogen and oxygen atoms in total. The fourth-order valence-electron chi connectivity index (χ4n) is 1.16. The molecule has 0 saturated carbocycles. The molecule has 0 radical (unpaired) electrons. The predicted molar refractivity (Wildman–Crippen MR) is 63.9 cm³/mol. The zero-order chi connectivity index (χ0) is 11.1. The Hall–Kier alpha value is -0.870. The Morgan fingerprint density at radius 2 is 2.33 bits per heavy atom. The normalized spacial score (nSPS) is 10.6. The second-order valence-corrected chi connectivity index (χ2v) is 4.55. The summed E-state index contributed by atoms with van der Waals surface area (Å²) in [4.78, 5) is 11.4. The number of rotatable bonds is 6. The highest BCUT2D eigenvalue weighted by atomic mass is 32.1. The molecule has 0 unspecified atom stereocenters. The van der Waals surface area contributed by atoms with Crippen LogP contribution < -0.4 is 10.6 Å². The summed E-state index contributed by atoms with van der Waals surface area (Å²) in [5, 5.41) is 10.2. The first-order chi connectivity index (χ1) is 7.18. The van der Waals surface area contributed by atoms with Gasteiger partial charge in [-0.25, -0.2) is 0 Å². The van der Waals surface area contributed by atoms with E-state index in [0.717, 1.165) is 6.54 Å². The van der Waals surface area contributed by atoms with E-state index in [0.29, 0.717) is 19.0 Å². The van der Waals surface area contributed by atoms with Gasteiger partial charge in [0, 0.05) is 25.6 Å². The Morgan fingerprint density at radius 3 is 2.93 bits per heavy atom. The zero-order valence-corrected chi connectivity index (χ0v) is 10.1. The van der Waals surface area contributed by atoms with Crippen molar-refractivity contribution in [2.24, 2.45) is 0 Å². The molecule has 2 N–H and O–H groups in total. The second-order valence-electron chi connectivity index (χ2n) is 3.77. The maximum atomic E-state index is 11.4. The van der Waals surface area contributed by atoms with Gasteiger partial charge in [-0.15, -0.1) is 0 Å². The Balaban J connectivity index is 2.09. The number of hydrogen-bond donors (Lipinski definition) is 2. The molecular weight excluding hydrogens is 208 g/mol. The molecule has 1 amide bonds. The fourth-order valence-corrected chi connectivity index (χ4v) is 1.83. The summed E-state index contributed by atoms with van der Waals surface area (Å²) >= 11 is 1.65. The summed E-state index contributed by atoms with van der Waals surface area (Å²) in [7, 11) is 0. The number of hydrogen-bond acceptors (Lipinski definition) is 3. The van der Waals surface area contributed by atoms with Gasteiger partial charge in [0.25, 0.3) is 0 Å². The summed E-state index contributed by atoms with van der Waals surface area (Å²) in [6.07, 6.45) is 0.544. The fraction of sp³-hybridized carbons (Fsp3) is 0.545. The van der Waals surface area contributed by atoms with Crippen LogP contribution in [0.3, 0.4) is 0 Å². The van der Waals surface area contributed by atoms with E-state index in [4.69, 9.17) is 0 Å². The molecule has 1 aromatic rings. The van der Waals surface area contributed by atoms with Crippen molar-refractivity contribution in [1.29, 1.82) is 0 Å². The first-order valence-electron chi connectivity index (χ1n) is 5.19. The van der Waals surface area contributed by atoms with Crippen molar-refractivity contribution in [2.45, 2.75) is 32.9 Å². The molecule has 0 aliphatic carbocycles. The van der Waals surface area contributed by atoms with Crippen molar-refractivity contribution in [3.8, 4) is 0 Å². The molecule has 0 saturated heterocycles. The summed E-state index contributed by atoms with van der Waals surface area (Å²) < 4.78 is 0. The quantitative estimate of drug-likeness (QED) is 0.776. The van der Waals surface area contributed by atoms with E-state index < -0.39 is 0 Å². The van der Waals surface area contributed by atoms with Crippen molar-refractivity contribution in [3.63, 3.8) is 0 Å². The minimum atomic E-state index is 0.106. The predicted octanol–water partition coefficient (Wildman–Crippen LogP) is 1.75. The van der Waals surface area contributed by atoms with Crippen molar-refractivity contribution in [2.75, 3.05) is 6.54 Å². The minimum Gasteiger partial charge on any atom is -0.352 e. The number of carbonyl (C=O) groups is 1. The molecule has 1 rings (SSSR count). The third kappa shape index (κ3) is 5.54. The lowest BCUT2D eigenvalue weighted by molar-refractivity contribution is -0.121. The van der Waals surface area contributed by atoms with Crippen molar-refractivity contribution >= 4 is 17.2 Å². The summed E-state index contributed by atoms with van der Waals surface area (Å²) in [5.74, 6) is 0.106. The van der Waals surface area contributed by atoms with Gasteiger partial charge in [0.15, 0.2) is 0 Å². The van der Waals surface area contributed by atoms with Crippen LogP contribution in [-0.4, -0.2) is 18.5 Å². The molecule has 0 atom stereocenters. The van der Waals surface area contributed by atoms with Gasteiger partial charge in [0.1, 0.15) is 0 Å². The van der Waals surface area contributed by atoms with Gasteiger partial charge in [0.05, 0.1) is 0 Å². The van der Waals surface area contributed by atoms with Crippen molar-refractivity contribution in [3.05, 3.63) is 22.4 Å². The van der Waals surface area contributed by atoms with Gasteiger partial charge in [-0.05, 0) is 22.4 Å².